The maximum Gasteiger partial charge on any atom is 0.0453 e. The summed E-state index contributed by atoms with van der Waals surface area (Å²) in [6, 6.07) is 8.45. The quantitative estimate of drug-likeness (QED) is 0.798. The molecule has 0 aliphatic carbocycles. The number of nitrogens with one attached hydrogen (secondary N) is 1. The smallest absolute Gasteiger partial charge is 0.0453 e. The van der Waals surface area contributed by atoms with Crippen molar-refractivity contribution in [3.63, 3.8) is 0 Å². The molecule has 1 nitrogen and oxygen atoms in total. The van der Waals surface area contributed by atoms with Crippen LogP contribution in [0.3, 0.4) is 0 Å². The van der Waals surface area contributed by atoms with E-state index >= 15 is 0 Å². The molecule has 0 spiro atoms. The number of rotatable bonds is 5. The van der Waals surface area contributed by atoms with Gasteiger partial charge in [-0.15, -0.1) is 0 Å². The number of hydrogen-bond acceptors (Lipinski definition) is 1. The maximum absolute atomic E-state index is 6.20. The highest BCUT2D eigenvalue weighted by molar-refractivity contribution is 6.31. The van der Waals surface area contributed by atoms with Crippen LogP contribution in [-0.2, 0) is 0 Å². The van der Waals surface area contributed by atoms with Crippen molar-refractivity contribution in [1.29, 1.82) is 0 Å². The van der Waals surface area contributed by atoms with Gasteiger partial charge in [0, 0.05) is 11.1 Å². The molecular formula is C13H20ClN. The summed E-state index contributed by atoms with van der Waals surface area (Å²) in [6.07, 6.45) is 2.43. The highest BCUT2D eigenvalue weighted by atomic mass is 35.5. The summed E-state index contributed by atoms with van der Waals surface area (Å²) in [4.78, 5) is 0. The molecule has 0 aromatic heterocycles. The Morgan fingerprint density at radius 3 is 2.53 bits per heavy atom. The standard InChI is InChI=1S/C13H20ClN/c1-4-7-10(2)13(15-3)11-8-5-6-9-12(11)14/h5-6,8-10,13,15H,4,7H2,1-3H3. The Bertz CT molecular complexity index is 298. The van der Waals surface area contributed by atoms with Crippen LogP contribution in [0.5, 0.6) is 0 Å². The van der Waals surface area contributed by atoms with E-state index in [9.17, 15) is 0 Å². The number of halogens is 1. The second-order valence-electron chi connectivity index (χ2n) is 4.05. The van der Waals surface area contributed by atoms with Crippen LogP contribution in [0.1, 0.15) is 38.3 Å². The van der Waals surface area contributed by atoms with Crippen LogP contribution >= 0.6 is 11.6 Å². The molecule has 15 heavy (non-hydrogen) atoms. The van der Waals surface area contributed by atoms with Crippen LogP contribution in [0.25, 0.3) is 0 Å². The third-order valence-corrected chi connectivity index (χ3v) is 3.21. The molecule has 1 aromatic rings. The Kier molecular flexibility index (Phi) is 5.13. The number of benzene rings is 1. The van der Waals surface area contributed by atoms with Crippen LogP contribution in [0.4, 0.5) is 0 Å². The molecule has 2 heteroatoms. The first kappa shape index (κ1) is 12.5. The third kappa shape index (κ3) is 3.22. The van der Waals surface area contributed by atoms with Crippen molar-refractivity contribution in [3.05, 3.63) is 34.9 Å². The van der Waals surface area contributed by atoms with E-state index in [0.29, 0.717) is 12.0 Å². The molecule has 0 aliphatic heterocycles. The molecule has 0 aliphatic rings. The molecule has 0 saturated carbocycles. The molecule has 1 aromatic carbocycles. The molecule has 1 N–H and O–H groups in total. The first-order valence-electron chi connectivity index (χ1n) is 5.62. The van der Waals surface area contributed by atoms with Gasteiger partial charge in [-0.05, 0) is 31.0 Å². The van der Waals surface area contributed by atoms with E-state index in [1.165, 1.54) is 18.4 Å². The monoisotopic (exact) mass is 225 g/mol. The van der Waals surface area contributed by atoms with Gasteiger partial charge in [-0.3, -0.25) is 0 Å². The van der Waals surface area contributed by atoms with Gasteiger partial charge < -0.3 is 5.32 Å². The zero-order valence-electron chi connectivity index (χ0n) is 9.76. The van der Waals surface area contributed by atoms with Crippen molar-refractivity contribution in [2.24, 2.45) is 5.92 Å². The van der Waals surface area contributed by atoms with Crippen LogP contribution in [0, 0.1) is 5.92 Å². The zero-order chi connectivity index (χ0) is 11.3. The summed E-state index contributed by atoms with van der Waals surface area (Å²) in [5.74, 6) is 0.611. The second-order valence-corrected chi connectivity index (χ2v) is 4.46. The minimum Gasteiger partial charge on any atom is -0.313 e. The van der Waals surface area contributed by atoms with Gasteiger partial charge in [-0.25, -0.2) is 0 Å². The van der Waals surface area contributed by atoms with Crippen LogP contribution in [-0.4, -0.2) is 7.05 Å². The predicted octanol–water partition coefficient (Wildman–Crippen LogP) is 4.04. The summed E-state index contributed by atoms with van der Waals surface area (Å²) in [5.41, 5.74) is 1.21. The fraction of sp³-hybridized carbons (Fsp3) is 0.538. The van der Waals surface area contributed by atoms with Crippen molar-refractivity contribution < 1.29 is 0 Å². The van der Waals surface area contributed by atoms with Crippen LogP contribution in [0.15, 0.2) is 24.3 Å². The summed E-state index contributed by atoms with van der Waals surface area (Å²) in [5, 5.41) is 4.22. The van der Waals surface area contributed by atoms with Crippen LogP contribution in [0.2, 0.25) is 5.02 Å². The molecule has 1 rings (SSSR count). The average Bonchev–Trinajstić information content (AvgIpc) is 2.22. The lowest BCUT2D eigenvalue weighted by Gasteiger charge is -2.24. The third-order valence-electron chi connectivity index (χ3n) is 2.86. The summed E-state index contributed by atoms with van der Waals surface area (Å²) in [6.45, 7) is 4.49. The zero-order valence-corrected chi connectivity index (χ0v) is 10.5. The SMILES string of the molecule is CCCC(C)C(NC)c1ccccc1Cl. The average molecular weight is 226 g/mol. The van der Waals surface area contributed by atoms with Gasteiger partial charge in [0.15, 0.2) is 0 Å². The maximum atomic E-state index is 6.20. The molecule has 2 atom stereocenters. The minimum atomic E-state index is 0.360. The second kappa shape index (κ2) is 6.14. The normalized spacial score (nSPS) is 14.9. The lowest BCUT2D eigenvalue weighted by atomic mass is 9.91. The Morgan fingerprint density at radius 1 is 1.33 bits per heavy atom. The molecule has 84 valence electrons. The Hall–Kier alpha value is -0.530. The largest absolute Gasteiger partial charge is 0.313 e. The first-order chi connectivity index (χ1) is 7.20. The fourth-order valence-electron chi connectivity index (χ4n) is 2.10. The lowest BCUT2D eigenvalue weighted by molar-refractivity contribution is 0.384. The Morgan fingerprint density at radius 2 is 2.00 bits per heavy atom. The highest BCUT2D eigenvalue weighted by Crippen LogP contribution is 2.29. The molecular weight excluding hydrogens is 206 g/mol. The van der Waals surface area contributed by atoms with Crippen molar-refractivity contribution in [3.8, 4) is 0 Å². The van der Waals surface area contributed by atoms with E-state index < -0.39 is 0 Å². The first-order valence-corrected chi connectivity index (χ1v) is 6.00. The van der Waals surface area contributed by atoms with Crippen LogP contribution < -0.4 is 5.32 Å². The van der Waals surface area contributed by atoms with E-state index in [-0.39, 0.29) is 0 Å². The molecule has 0 saturated heterocycles. The van der Waals surface area contributed by atoms with Crippen molar-refractivity contribution in [1.82, 2.24) is 5.32 Å². The summed E-state index contributed by atoms with van der Waals surface area (Å²) in [7, 11) is 2.00. The highest BCUT2D eigenvalue weighted by Gasteiger charge is 2.18. The topological polar surface area (TPSA) is 12.0 Å². The van der Waals surface area contributed by atoms with Gasteiger partial charge in [0.2, 0.25) is 0 Å². The minimum absolute atomic E-state index is 0.360. The van der Waals surface area contributed by atoms with E-state index in [1.54, 1.807) is 0 Å². The summed E-state index contributed by atoms with van der Waals surface area (Å²) < 4.78 is 0. The van der Waals surface area contributed by atoms with E-state index in [0.717, 1.165) is 5.02 Å². The van der Waals surface area contributed by atoms with Crippen molar-refractivity contribution in [2.45, 2.75) is 32.7 Å². The molecule has 2 unspecified atom stereocenters. The van der Waals surface area contributed by atoms with E-state index in [2.05, 4.69) is 25.2 Å². The number of hydrogen-bond donors (Lipinski definition) is 1. The van der Waals surface area contributed by atoms with Gasteiger partial charge in [0.1, 0.15) is 0 Å². The van der Waals surface area contributed by atoms with Gasteiger partial charge in [-0.1, -0.05) is 50.1 Å². The molecule has 0 bridgehead atoms. The molecule has 0 fully saturated rings. The Labute approximate surface area is 97.8 Å². The van der Waals surface area contributed by atoms with Gasteiger partial charge in [0.25, 0.3) is 0 Å². The Balaban J connectivity index is 2.87. The van der Waals surface area contributed by atoms with Gasteiger partial charge >= 0.3 is 0 Å². The van der Waals surface area contributed by atoms with Gasteiger partial charge in [-0.2, -0.15) is 0 Å². The van der Waals surface area contributed by atoms with Crippen molar-refractivity contribution >= 4 is 11.6 Å². The van der Waals surface area contributed by atoms with Crippen molar-refractivity contribution in [2.75, 3.05) is 7.05 Å². The van der Waals surface area contributed by atoms with E-state index in [4.69, 9.17) is 11.6 Å². The predicted molar refractivity (Wildman–Crippen MR) is 67.3 cm³/mol. The fourth-order valence-corrected chi connectivity index (χ4v) is 2.35. The molecule has 0 amide bonds. The summed E-state index contributed by atoms with van der Waals surface area (Å²) >= 11 is 6.20. The van der Waals surface area contributed by atoms with Gasteiger partial charge in [0.05, 0.1) is 0 Å². The molecule has 0 heterocycles. The lowest BCUT2D eigenvalue weighted by Crippen LogP contribution is -2.23. The molecule has 0 radical (unpaired) electrons. The van der Waals surface area contributed by atoms with E-state index in [1.807, 2.05) is 25.2 Å².